The van der Waals surface area contributed by atoms with Gasteiger partial charge in [-0.25, -0.2) is 0 Å². The highest BCUT2D eigenvalue weighted by Crippen LogP contribution is 2.18. The Labute approximate surface area is 149 Å². The molecule has 1 heterocycles. The first-order valence-electron chi connectivity index (χ1n) is 9.00. The molecule has 132 valence electrons. The lowest BCUT2D eigenvalue weighted by molar-refractivity contribution is 0.0948. The van der Waals surface area contributed by atoms with Gasteiger partial charge in [-0.2, -0.15) is 0 Å². The highest BCUT2D eigenvalue weighted by atomic mass is 16.3. The van der Waals surface area contributed by atoms with Crippen LogP contribution >= 0.6 is 0 Å². The Hall–Kier alpha value is -2.33. The lowest BCUT2D eigenvalue weighted by atomic mass is 10.1. The van der Waals surface area contributed by atoms with Crippen LogP contribution in [0.1, 0.15) is 46.3 Å². The van der Waals surface area contributed by atoms with E-state index in [9.17, 15) is 9.90 Å². The zero-order valence-corrected chi connectivity index (χ0v) is 14.8. The SMILES string of the molecule is Cc1ccc(C(=O)NCc2ccc(CN3CCCCC3)cc2)c(O)c1. The number of nitrogens with one attached hydrogen (secondary N) is 1. The summed E-state index contributed by atoms with van der Waals surface area (Å²) < 4.78 is 0. The second kappa shape index (κ2) is 8.17. The van der Waals surface area contributed by atoms with E-state index in [0.717, 1.165) is 17.7 Å². The van der Waals surface area contributed by atoms with Gasteiger partial charge in [-0.15, -0.1) is 0 Å². The van der Waals surface area contributed by atoms with Crippen LogP contribution in [-0.4, -0.2) is 29.0 Å². The molecule has 1 aliphatic heterocycles. The summed E-state index contributed by atoms with van der Waals surface area (Å²) in [5.41, 5.74) is 3.61. The Balaban J connectivity index is 1.53. The zero-order chi connectivity index (χ0) is 17.6. The monoisotopic (exact) mass is 338 g/mol. The summed E-state index contributed by atoms with van der Waals surface area (Å²) in [5, 5.41) is 12.8. The van der Waals surface area contributed by atoms with Crippen molar-refractivity contribution in [2.75, 3.05) is 13.1 Å². The van der Waals surface area contributed by atoms with E-state index in [0.29, 0.717) is 12.1 Å². The van der Waals surface area contributed by atoms with Crippen LogP contribution in [0.25, 0.3) is 0 Å². The number of aromatic hydroxyl groups is 1. The number of piperidine rings is 1. The fraction of sp³-hybridized carbons (Fsp3) is 0.381. The number of nitrogens with zero attached hydrogens (tertiary/aromatic N) is 1. The molecule has 2 N–H and O–H groups in total. The summed E-state index contributed by atoms with van der Waals surface area (Å²) in [6, 6.07) is 13.5. The lowest BCUT2D eigenvalue weighted by Gasteiger charge is -2.26. The number of benzene rings is 2. The van der Waals surface area contributed by atoms with Crippen molar-refractivity contribution in [1.29, 1.82) is 0 Å². The van der Waals surface area contributed by atoms with Crippen molar-refractivity contribution in [1.82, 2.24) is 10.2 Å². The number of phenolic OH excluding ortho intramolecular Hbond substituents is 1. The molecular weight excluding hydrogens is 312 g/mol. The van der Waals surface area contributed by atoms with E-state index in [-0.39, 0.29) is 11.7 Å². The normalized spacial score (nSPS) is 15.1. The summed E-state index contributed by atoms with van der Waals surface area (Å²) in [4.78, 5) is 14.7. The maximum Gasteiger partial charge on any atom is 0.255 e. The van der Waals surface area contributed by atoms with Gasteiger partial charge in [-0.1, -0.05) is 36.8 Å². The van der Waals surface area contributed by atoms with E-state index in [1.807, 2.05) is 13.0 Å². The van der Waals surface area contributed by atoms with Gasteiger partial charge in [-0.05, 0) is 61.7 Å². The van der Waals surface area contributed by atoms with Gasteiger partial charge < -0.3 is 10.4 Å². The molecule has 0 bridgehead atoms. The van der Waals surface area contributed by atoms with Crippen LogP contribution in [0.15, 0.2) is 42.5 Å². The molecule has 0 saturated carbocycles. The molecule has 1 fully saturated rings. The number of carbonyl (C=O) groups excluding carboxylic acids is 1. The van der Waals surface area contributed by atoms with Gasteiger partial charge in [0.1, 0.15) is 5.75 Å². The molecule has 4 nitrogen and oxygen atoms in total. The van der Waals surface area contributed by atoms with E-state index in [1.165, 1.54) is 37.9 Å². The highest BCUT2D eigenvalue weighted by Gasteiger charge is 2.12. The molecule has 3 rings (SSSR count). The Kier molecular flexibility index (Phi) is 5.71. The number of rotatable bonds is 5. The van der Waals surface area contributed by atoms with Crippen molar-refractivity contribution < 1.29 is 9.90 Å². The van der Waals surface area contributed by atoms with Crippen molar-refractivity contribution in [2.45, 2.75) is 39.3 Å². The Bertz CT molecular complexity index is 719. The second-order valence-electron chi connectivity index (χ2n) is 6.86. The van der Waals surface area contributed by atoms with Crippen molar-refractivity contribution in [2.24, 2.45) is 0 Å². The van der Waals surface area contributed by atoms with E-state index in [1.54, 1.807) is 12.1 Å². The van der Waals surface area contributed by atoms with Gasteiger partial charge in [0.2, 0.25) is 0 Å². The average Bonchev–Trinajstić information content (AvgIpc) is 2.62. The number of phenols is 1. The third-order valence-electron chi connectivity index (χ3n) is 4.73. The minimum atomic E-state index is -0.255. The molecule has 0 atom stereocenters. The van der Waals surface area contributed by atoms with Crippen LogP contribution in [-0.2, 0) is 13.1 Å². The van der Waals surface area contributed by atoms with E-state index >= 15 is 0 Å². The summed E-state index contributed by atoms with van der Waals surface area (Å²) >= 11 is 0. The first kappa shape index (κ1) is 17.5. The summed E-state index contributed by atoms with van der Waals surface area (Å²) in [7, 11) is 0. The summed E-state index contributed by atoms with van der Waals surface area (Å²) in [6.07, 6.45) is 3.96. The highest BCUT2D eigenvalue weighted by molar-refractivity contribution is 5.96. The van der Waals surface area contributed by atoms with E-state index in [2.05, 4.69) is 34.5 Å². The first-order valence-corrected chi connectivity index (χ1v) is 9.00. The molecule has 1 amide bonds. The smallest absolute Gasteiger partial charge is 0.255 e. The molecule has 0 unspecified atom stereocenters. The number of aryl methyl sites for hydroxylation is 1. The van der Waals surface area contributed by atoms with Crippen LogP contribution < -0.4 is 5.32 Å². The van der Waals surface area contributed by atoms with Crippen molar-refractivity contribution in [3.63, 3.8) is 0 Å². The maximum absolute atomic E-state index is 12.2. The quantitative estimate of drug-likeness (QED) is 0.875. The van der Waals surface area contributed by atoms with Gasteiger partial charge in [0.25, 0.3) is 5.91 Å². The Morgan fingerprint density at radius 2 is 1.72 bits per heavy atom. The minimum Gasteiger partial charge on any atom is -0.507 e. The molecule has 1 aliphatic rings. The van der Waals surface area contributed by atoms with E-state index < -0.39 is 0 Å². The zero-order valence-electron chi connectivity index (χ0n) is 14.8. The van der Waals surface area contributed by atoms with Gasteiger partial charge in [0, 0.05) is 13.1 Å². The topological polar surface area (TPSA) is 52.6 Å². The fourth-order valence-corrected chi connectivity index (χ4v) is 3.25. The average molecular weight is 338 g/mol. The van der Waals surface area contributed by atoms with E-state index in [4.69, 9.17) is 0 Å². The third kappa shape index (κ3) is 4.83. The van der Waals surface area contributed by atoms with Gasteiger partial charge in [0.05, 0.1) is 5.56 Å². The molecule has 0 spiro atoms. The van der Waals surface area contributed by atoms with Gasteiger partial charge >= 0.3 is 0 Å². The molecule has 2 aromatic carbocycles. The molecular formula is C21H26N2O2. The number of amides is 1. The first-order chi connectivity index (χ1) is 12.1. The number of hydrogen-bond donors (Lipinski definition) is 2. The number of likely N-dealkylation sites (tertiary alicyclic amines) is 1. The Morgan fingerprint density at radius 3 is 2.40 bits per heavy atom. The van der Waals surface area contributed by atoms with Gasteiger partial charge in [-0.3, -0.25) is 9.69 Å². The molecule has 25 heavy (non-hydrogen) atoms. The summed E-state index contributed by atoms with van der Waals surface area (Å²) in [6.45, 7) is 5.72. The predicted molar refractivity (Wildman–Crippen MR) is 99.6 cm³/mol. The molecule has 2 aromatic rings. The molecule has 1 saturated heterocycles. The number of carbonyl (C=O) groups is 1. The molecule has 4 heteroatoms. The van der Waals surface area contributed by atoms with Crippen LogP contribution in [0.5, 0.6) is 5.75 Å². The van der Waals surface area contributed by atoms with Crippen molar-refractivity contribution in [3.8, 4) is 5.75 Å². The van der Waals surface area contributed by atoms with Gasteiger partial charge in [0.15, 0.2) is 0 Å². The lowest BCUT2D eigenvalue weighted by Crippen LogP contribution is -2.29. The number of hydrogen-bond acceptors (Lipinski definition) is 3. The molecule has 0 aliphatic carbocycles. The van der Waals surface area contributed by atoms with Crippen molar-refractivity contribution in [3.05, 3.63) is 64.7 Å². The van der Waals surface area contributed by atoms with Crippen LogP contribution in [0.3, 0.4) is 0 Å². The maximum atomic E-state index is 12.2. The minimum absolute atomic E-state index is 0.0226. The van der Waals surface area contributed by atoms with Crippen LogP contribution in [0.4, 0.5) is 0 Å². The van der Waals surface area contributed by atoms with Crippen LogP contribution in [0, 0.1) is 6.92 Å². The fourth-order valence-electron chi connectivity index (χ4n) is 3.25. The summed E-state index contributed by atoms with van der Waals surface area (Å²) in [5.74, 6) is -0.232. The largest absolute Gasteiger partial charge is 0.507 e. The standard InChI is InChI=1S/C21H26N2O2/c1-16-5-10-19(20(24)13-16)21(25)22-14-17-6-8-18(9-7-17)15-23-11-3-2-4-12-23/h5-10,13,24H,2-4,11-12,14-15H2,1H3,(H,22,25). The molecule has 0 aromatic heterocycles. The molecule has 0 radical (unpaired) electrons. The van der Waals surface area contributed by atoms with Crippen LogP contribution in [0.2, 0.25) is 0 Å². The second-order valence-corrected chi connectivity index (χ2v) is 6.86. The van der Waals surface area contributed by atoms with Crippen molar-refractivity contribution >= 4 is 5.91 Å². The predicted octanol–water partition coefficient (Wildman–Crippen LogP) is 3.62. The Morgan fingerprint density at radius 1 is 1.04 bits per heavy atom. The third-order valence-corrected chi connectivity index (χ3v) is 4.73.